The topological polar surface area (TPSA) is 46.5 Å². The number of hydrogen-bond acceptors (Lipinski definition) is 2. The van der Waals surface area contributed by atoms with Crippen molar-refractivity contribution in [1.82, 2.24) is 0 Å². The van der Waals surface area contributed by atoms with Crippen molar-refractivity contribution in [3.05, 3.63) is 57.8 Å². The Kier molecular flexibility index (Phi) is 3.85. The highest BCUT2D eigenvalue weighted by Crippen LogP contribution is 2.32. The maximum Gasteiger partial charge on any atom is 0.335 e. The molecule has 0 saturated carbocycles. The number of ether oxygens (including phenoxy) is 1. The van der Waals surface area contributed by atoms with Crippen LogP contribution < -0.4 is 4.74 Å². The van der Waals surface area contributed by atoms with Crippen molar-refractivity contribution in [2.24, 2.45) is 0 Å². The molecule has 0 aliphatic heterocycles. The Morgan fingerprint density at radius 1 is 1.21 bits per heavy atom. The first-order valence-electron chi connectivity index (χ1n) is 5.44. The third kappa shape index (κ3) is 3.12. The number of rotatable bonds is 3. The number of aromatic carboxylic acids is 1. The van der Waals surface area contributed by atoms with Crippen molar-refractivity contribution in [1.29, 1.82) is 0 Å². The Bertz CT molecular complexity index is 641. The van der Waals surface area contributed by atoms with Crippen LogP contribution in [0, 0.1) is 12.7 Å². The summed E-state index contributed by atoms with van der Waals surface area (Å²) in [5.74, 6) is -0.787. The molecule has 2 rings (SSSR count). The average Bonchev–Trinajstić information content (AvgIpc) is 2.36. The number of hydrogen-bond donors (Lipinski definition) is 1. The van der Waals surface area contributed by atoms with Gasteiger partial charge in [-0.25, -0.2) is 9.18 Å². The van der Waals surface area contributed by atoms with E-state index in [-0.39, 0.29) is 5.56 Å². The van der Waals surface area contributed by atoms with Crippen LogP contribution in [0.2, 0.25) is 0 Å². The first kappa shape index (κ1) is 13.5. The van der Waals surface area contributed by atoms with Gasteiger partial charge in [-0.3, -0.25) is 0 Å². The van der Waals surface area contributed by atoms with Crippen LogP contribution in [0.5, 0.6) is 11.5 Å². The Morgan fingerprint density at radius 2 is 1.95 bits per heavy atom. The van der Waals surface area contributed by atoms with Crippen molar-refractivity contribution in [2.75, 3.05) is 0 Å². The molecule has 0 spiro atoms. The van der Waals surface area contributed by atoms with Gasteiger partial charge in [-0.15, -0.1) is 0 Å². The lowest BCUT2D eigenvalue weighted by Gasteiger charge is -2.11. The molecule has 0 saturated heterocycles. The molecule has 1 N–H and O–H groups in total. The van der Waals surface area contributed by atoms with Gasteiger partial charge < -0.3 is 9.84 Å². The van der Waals surface area contributed by atoms with Gasteiger partial charge >= 0.3 is 5.97 Å². The molecule has 2 aromatic carbocycles. The summed E-state index contributed by atoms with van der Waals surface area (Å²) in [6, 6.07) is 8.61. The SMILES string of the molecule is Cc1ccc(C(=O)O)cc1Oc1cc(F)ccc1Br. The van der Waals surface area contributed by atoms with Gasteiger partial charge in [0.25, 0.3) is 0 Å². The first-order chi connectivity index (χ1) is 8.97. The summed E-state index contributed by atoms with van der Waals surface area (Å²) in [7, 11) is 0. The van der Waals surface area contributed by atoms with Crippen LogP contribution in [0.15, 0.2) is 40.9 Å². The number of carboxylic acid groups (broad SMARTS) is 1. The second kappa shape index (κ2) is 5.40. The van der Waals surface area contributed by atoms with E-state index in [1.165, 1.54) is 30.3 Å². The van der Waals surface area contributed by atoms with Crippen molar-refractivity contribution in [3.8, 4) is 11.5 Å². The number of carbonyl (C=O) groups is 1. The summed E-state index contributed by atoms with van der Waals surface area (Å²) in [5.41, 5.74) is 0.884. The van der Waals surface area contributed by atoms with Gasteiger partial charge in [-0.05, 0) is 52.7 Å². The van der Waals surface area contributed by atoms with Gasteiger partial charge in [0.05, 0.1) is 10.0 Å². The molecule has 19 heavy (non-hydrogen) atoms. The minimum Gasteiger partial charge on any atom is -0.478 e. The van der Waals surface area contributed by atoms with Crippen molar-refractivity contribution in [2.45, 2.75) is 6.92 Å². The van der Waals surface area contributed by atoms with Crippen LogP contribution >= 0.6 is 15.9 Å². The summed E-state index contributed by atoms with van der Waals surface area (Å²) in [5, 5.41) is 8.94. The number of aryl methyl sites for hydroxylation is 1. The molecule has 0 fully saturated rings. The van der Waals surface area contributed by atoms with E-state index in [9.17, 15) is 9.18 Å². The zero-order valence-corrected chi connectivity index (χ0v) is 11.6. The molecule has 0 bridgehead atoms. The van der Waals surface area contributed by atoms with E-state index in [1.807, 2.05) is 0 Å². The van der Waals surface area contributed by atoms with E-state index < -0.39 is 11.8 Å². The van der Waals surface area contributed by atoms with Gasteiger partial charge in [-0.1, -0.05) is 6.07 Å². The van der Waals surface area contributed by atoms with Crippen LogP contribution in [0.3, 0.4) is 0 Å². The summed E-state index contributed by atoms with van der Waals surface area (Å²) in [6.45, 7) is 1.79. The maximum atomic E-state index is 13.2. The molecule has 0 heterocycles. The van der Waals surface area contributed by atoms with Crippen LogP contribution in [-0.2, 0) is 0 Å². The van der Waals surface area contributed by atoms with Crippen LogP contribution in [0.1, 0.15) is 15.9 Å². The molecule has 0 radical (unpaired) electrons. The molecule has 0 atom stereocenters. The first-order valence-corrected chi connectivity index (χ1v) is 6.23. The fraction of sp³-hybridized carbons (Fsp3) is 0.0714. The Balaban J connectivity index is 2.40. The van der Waals surface area contributed by atoms with E-state index in [4.69, 9.17) is 9.84 Å². The summed E-state index contributed by atoms with van der Waals surface area (Å²) in [6.07, 6.45) is 0. The second-order valence-electron chi connectivity index (χ2n) is 3.96. The minimum absolute atomic E-state index is 0.119. The molecule has 2 aromatic rings. The standard InChI is InChI=1S/C14H10BrFO3/c1-8-2-3-9(14(17)18)6-12(8)19-13-7-10(16)4-5-11(13)15/h2-7H,1H3,(H,17,18). The fourth-order valence-corrected chi connectivity index (χ4v) is 1.84. The van der Waals surface area contributed by atoms with Gasteiger partial charge in [0.15, 0.2) is 0 Å². The van der Waals surface area contributed by atoms with Gasteiger partial charge in [0.1, 0.15) is 17.3 Å². The quantitative estimate of drug-likeness (QED) is 0.910. The van der Waals surface area contributed by atoms with Crippen molar-refractivity contribution >= 4 is 21.9 Å². The summed E-state index contributed by atoms with van der Waals surface area (Å²) >= 11 is 3.25. The molecule has 5 heteroatoms. The van der Waals surface area contributed by atoms with Gasteiger partial charge in [-0.2, -0.15) is 0 Å². The fourth-order valence-electron chi connectivity index (χ4n) is 1.52. The number of carboxylic acids is 1. The van der Waals surface area contributed by atoms with Crippen LogP contribution in [0.4, 0.5) is 4.39 Å². The number of benzene rings is 2. The van der Waals surface area contributed by atoms with Gasteiger partial charge in [0, 0.05) is 6.07 Å². The summed E-state index contributed by atoms with van der Waals surface area (Å²) in [4.78, 5) is 10.9. The zero-order chi connectivity index (χ0) is 14.0. The second-order valence-corrected chi connectivity index (χ2v) is 4.82. The molecular formula is C14H10BrFO3. The van der Waals surface area contributed by atoms with E-state index in [0.29, 0.717) is 16.0 Å². The Labute approximate surface area is 117 Å². The molecule has 0 aromatic heterocycles. The smallest absolute Gasteiger partial charge is 0.335 e. The zero-order valence-electron chi connectivity index (χ0n) is 9.98. The van der Waals surface area contributed by atoms with E-state index >= 15 is 0 Å². The van der Waals surface area contributed by atoms with E-state index in [0.717, 1.165) is 5.56 Å². The predicted molar refractivity (Wildman–Crippen MR) is 72.3 cm³/mol. The van der Waals surface area contributed by atoms with Crippen molar-refractivity contribution < 1.29 is 19.0 Å². The van der Waals surface area contributed by atoms with Crippen LogP contribution in [0.25, 0.3) is 0 Å². The van der Waals surface area contributed by atoms with E-state index in [2.05, 4.69) is 15.9 Å². The largest absolute Gasteiger partial charge is 0.478 e. The molecule has 98 valence electrons. The minimum atomic E-state index is -1.04. The Morgan fingerprint density at radius 3 is 2.63 bits per heavy atom. The molecule has 0 aliphatic rings. The Hall–Kier alpha value is -1.88. The maximum absolute atomic E-state index is 13.2. The van der Waals surface area contributed by atoms with E-state index in [1.54, 1.807) is 13.0 Å². The van der Waals surface area contributed by atoms with Crippen LogP contribution in [-0.4, -0.2) is 11.1 Å². The third-order valence-electron chi connectivity index (χ3n) is 2.55. The lowest BCUT2D eigenvalue weighted by molar-refractivity contribution is 0.0696. The highest BCUT2D eigenvalue weighted by Gasteiger charge is 2.10. The molecule has 0 unspecified atom stereocenters. The molecule has 0 aliphatic carbocycles. The highest BCUT2D eigenvalue weighted by atomic mass is 79.9. The highest BCUT2D eigenvalue weighted by molar-refractivity contribution is 9.10. The predicted octanol–water partition coefficient (Wildman–Crippen LogP) is 4.39. The normalized spacial score (nSPS) is 10.3. The monoisotopic (exact) mass is 324 g/mol. The van der Waals surface area contributed by atoms with Crippen molar-refractivity contribution in [3.63, 3.8) is 0 Å². The average molecular weight is 325 g/mol. The molecule has 0 amide bonds. The lowest BCUT2D eigenvalue weighted by Crippen LogP contribution is -1.98. The third-order valence-corrected chi connectivity index (χ3v) is 3.20. The number of halogens is 2. The van der Waals surface area contributed by atoms with Gasteiger partial charge in [0.2, 0.25) is 0 Å². The lowest BCUT2D eigenvalue weighted by atomic mass is 10.1. The molecular weight excluding hydrogens is 315 g/mol. The summed E-state index contributed by atoms with van der Waals surface area (Å²) < 4.78 is 19.3. The molecule has 3 nitrogen and oxygen atoms in total.